The van der Waals surface area contributed by atoms with Crippen LogP contribution in [0.5, 0.6) is 0 Å². The first-order valence-electron chi connectivity index (χ1n) is 4.22. The number of nitrogens with two attached hydrogens (primary N) is 1. The van der Waals surface area contributed by atoms with Gasteiger partial charge >= 0.3 is 0 Å². The average Bonchev–Trinajstić information content (AvgIpc) is 2.73. The van der Waals surface area contributed by atoms with E-state index >= 15 is 0 Å². The van der Waals surface area contributed by atoms with Gasteiger partial charge in [-0.2, -0.15) is 0 Å². The highest BCUT2D eigenvalue weighted by Crippen LogP contribution is 2.29. The average molecular weight is 256 g/mol. The van der Waals surface area contributed by atoms with Crippen LogP contribution in [0.1, 0.15) is 23.1 Å². The summed E-state index contributed by atoms with van der Waals surface area (Å²) in [5.74, 6) is 1.42. The van der Waals surface area contributed by atoms with Crippen LogP contribution in [0.4, 0.5) is 0 Å². The smallest absolute Gasteiger partial charge is 0.142 e. The Morgan fingerprint density at radius 3 is 2.36 bits per heavy atom. The van der Waals surface area contributed by atoms with Crippen molar-refractivity contribution in [3.05, 3.63) is 46.2 Å². The quantitative estimate of drug-likeness (QED) is 0.898. The standard InChI is InChI=1S/C10H10BrNO2/c1-6-2-4-13-9(6)8(12)10-7(11)3-5-14-10/h2-5,8H,12H2,1H3. The predicted octanol–water partition coefficient (Wildman–Crippen LogP) is 2.99. The third-order valence-electron chi connectivity index (χ3n) is 2.11. The molecule has 0 saturated heterocycles. The van der Waals surface area contributed by atoms with Crippen molar-refractivity contribution in [1.82, 2.24) is 0 Å². The lowest BCUT2D eigenvalue weighted by Crippen LogP contribution is -2.11. The lowest BCUT2D eigenvalue weighted by Gasteiger charge is -2.07. The van der Waals surface area contributed by atoms with E-state index < -0.39 is 0 Å². The first-order valence-corrected chi connectivity index (χ1v) is 5.02. The van der Waals surface area contributed by atoms with E-state index in [4.69, 9.17) is 14.6 Å². The summed E-state index contributed by atoms with van der Waals surface area (Å²) in [4.78, 5) is 0. The molecule has 2 rings (SSSR count). The van der Waals surface area contributed by atoms with E-state index in [-0.39, 0.29) is 6.04 Å². The van der Waals surface area contributed by atoms with Crippen LogP contribution in [0.3, 0.4) is 0 Å². The third-order valence-corrected chi connectivity index (χ3v) is 2.77. The number of halogens is 1. The fraction of sp³-hybridized carbons (Fsp3) is 0.200. The van der Waals surface area contributed by atoms with Gasteiger partial charge in [0, 0.05) is 0 Å². The van der Waals surface area contributed by atoms with Gasteiger partial charge in [0.05, 0.1) is 17.0 Å². The molecule has 74 valence electrons. The Morgan fingerprint density at radius 2 is 1.86 bits per heavy atom. The van der Waals surface area contributed by atoms with Crippen molar-refractivity contribution in [2.45, 2.75) is 13.0 Å². The number of rotatable bonds is 2. The zero-order valence-corrected chi connectivity index (χ0v) is 9.24. The van der Waals surface area contributed by atoms with Crippen LogP contribution in [-0.4, -0.2) is 0 Å². The molecule has 0 aliphatic carbocycles. The molecular formula is C10H10BrNO2. The Labute approximate surface area is 90.0 Å². The molecular weight excluding hydrogens is 246 g/mol. The maximum absolute atomic E-state index is 5.99. The lowest BCUT2D eigenvalue weighted by molar-refractivity contribution is 0.428. The highest BCUT2D eigenvalue weighted by Gasteiger charge is 2.19. The van der Waals surface area contributed by atoms with E-state index in [1.54, 1.807) is 12.5 Å². The summed E-state index contributed by atoms with van der Waals surface area (Å²) in [6.07, 6.45) is 3.22. The molecule has 1 atom stereocenters. The fourth-order valence-electron chi connectivity index (χ4n) is 1.35. The summed E-state index contributed by atoms with van der Waals surface area (Å²) in [6.45, 7) is 1.95. The van der Waals surface area contributed by atoms with Gasteiger partial charge in [0.1, 0.15) is 17.6 Å². The minimum absolute atomic E-state index is 0.352. The van der Waals surface area contributed by atoms with Crippen molar-refractivity contribution in [2.75, 3.05) is 0 Å². The van der Waals surface area contributed by atoms with Crippen molar-refractivity contribution in [3.8, 4) is 0 Å². The summed E-state index contributed by atoms with van der Waals surface area (Å²) in [5.41, 5.74) is 7.02. The fourth-order valence-corrected chi connectivity index (χ4v) is 1.80. The SMILES string of the molecule is Cc1ccoc1C(N)c1occc1Br. The van der Waals surface area contributed by atoms with E-state index in [1.807, 2.05) is 19.1 Å². The molecule has 0 bridgehead atoms. The topological polar surface area (TPSA) is 52.3 Å². The Morgan fingerprint density at radius 1 is 1.21 bits per heavy atom. The maximum atomic E-state index is 5.99. The molecule has 2 N–H and O–H groups in total. The molecule has 14 heavy (non-hydrogen) atoms. The van der Waals surface area contributed by atoms with E-state index in [0.717, 1.165) is 15.8 Å². The highest BCUT2D eigenvalue weighted by atomic mass is 79.9. The number of aryl methyl sites for hydroxylation is 1. The Kier molecular flexibility index (Phi) is 2.48. The summed E-state index contributed by atoms with van der Waals surface area (Å²) < 4.78 is 11.4. The van der Waals surface area contributed by atoms with E-state index in [2.05, 4.69) is 15.9 Å². The molecule has 2 aromatic heterocycles. The molecule has 3 nitrogen and oxygen atoms in total. The minimum Gasteiger partial charge on any atom is -0.467 e. The number of furan rings is 2. The monoisotopic (exact) mass is 255 g/mol. The predicted molar refractivity (Wildman–Crippen MR) is 55.9 cm³/mol. The van der Waals surface area contributed by atoms with E-state index in [1.165, 1.54) is 0 Å². The molecule has 4 heteroatoms. The van der Waals surface area contributed by atoms with E-state index in [9.17, 15) is 0 Å². The normalized spacial score (nSPS) is 13.1. The van der Waals surface area contributed by atoms with Crippen LogP contribution in [-0.2, 0) is 0 Å². The van der Waals surface area contributed by atoms with Gasteiger partial charge in [0.25, 0.3) is 0 Å². The lowest BCUT2D eigenvalue weighted by atomic mass is 10.1. The van der Waals surface area contributed by atoms with Crippen molar-refractivity contribution < 1.29 is 8.83 Å². The van der Waals surface area contributed by atoms with Gasteiger partial charge in [0.15, 0.2) is 0 Å². The zero-order chi connectivity index (χ0) is 10.1. The van der Waals surface area contributed by atoms with Gasteiger partial charge in [-0.1, -0.05) is 0 Å². The largest absolute Gasteiger partial charge is 0.467 e. The second-order valence-corrected chi connectivity index (χ2v) is 3.93. The highest BCUT2D eigenvalue weighted by molar-refractivity contribution is 9.10. The number of hydrogen-bond acceptors (Lipinski definition) is 3. The number of hydrogen-bond donors (Lipinski definition) is 1. The van der Waals surface area contributed by atoms with Gasteiger partial charge in [-0.15, -0.1) is 0 Å². The first kappa shape index (κ1) is 9.55. The molecule has 0 amide bonds. The van der Waals surface area contributed by atoms with Crippen LogP contribution >= 0.6 is 15.9 Å². The molecule has 0 fully saturated rings. The molecule has 0 aromatic carbocycles. The van der Waals surface area contributed by atoms with Crippen molar-refractivity contribution in [3.63, 3.8) is 0 Å². The van der Waals surface area contributed by atoms with Crippen LogP contribution in [0.2, 0.25) is 0 Å². The van der Waals surface area contributed by atoms with Crippen LogP contribution < -0.4 is 5.73 Å². The zero-order valence-electron chi connectivity index (χ0n) is 7.66. The van der Waals surface area contributed by atoms with Gasteiger partial charge in [-0.3, -0.25) is 0 Å². The van der Waals surface area contributed by atoms with Crippen molar-refractivity contribution in [2.24, 2.45) is 5.73 Å². The third kappa shape index (κ3) is 1.51. The maximum Gasteiger partial charge on any atom is 0.142 e. The second kappa shape index (κ2) is 3.63. The van der Waals surface area contributed by atoms with Gasteiger partial charge in [-0.25, -0.2) is 0 Å². The summed E-state index contributed by atoms with van der Waals surface area (Å²) >= 11 is 3.36. The molecule has 0 aliphatic heterocycles. The summed E-state index contributed by atoms with van der Waals surface area (Å²) in [7, 11) is 0. The summed E-state index contributed by atoms with van der Waals surface area (Å²) in [5, 5.41) is 0. The molecule has 2 heterocycles. The Hall–Kier alpha value is -1.00. The first-order chi connectivity index (χ1) is 6.70. The summed E-state index contributed by atoms with van der Waals surface area (Å²) in [6, 6.07) is 3.34. The molecule has 0 spiro atoms. The molecule has 1 unspecified atom stereocenters. The second-order valence-electron chi connectivity index (χ2n) is 3.08. The minimum atomic E-state index is -0.352. The van der Waals surface area contributed by atoms with E-state index in [0.29, 0.717) is 5.76 Å². The van der Waals surface area contributed by atoms with Gasteiger partial charge < -0.3 is 14.6 Å². The molecule has 0 radical (unpaired) electrons. The van der Waals surface area contributed by atoms with Gasteiger partial charge in [-0.05, 0) is 40.5 Å². The molecule has 2 aromatic rings. The Balaban J connectivity index is 2.38. The van der Waals surface area contributed by atoms with Gasteiger partial charge in [0.2, 0.25) is 0 Å². The van der Waals surface area contributed by atoms with Crippen LogP contribution in [0, 0.1) is 6.92 Å². The van der Waals surface area contributed by atoms with Crippen molar-refractivity contribution in [1.29, 1.82) is 0 Å². The van der Waals surface area contributed by atoms with Crippen LogP contribution in [0.25, 0.3) is 0 Å². The van der Waals surface area contributed by atoms with Crippen LogP contribution in [0.15, 0.2) is 38.0 Å². The molecule has 0 aliphatic rings. The Bertz CT molecular complexity index is 393. The molecule has 0 saturated carbocycles. The van der Waals surface area contributed by atoms with Crippen molar-refractivity contribution >= 4 is 15.9 Å².